The third-order valence-corrected chi connectivity index (χ3v) is 4.10. The van der Waals surface area contributed by atoms with E-state index in [-0.39, 0.29) is 0 Å². The molecule has 0 radical (unpaired) electrons. The highest BCUT2D eigenvalue weighted by molar-refractivity contribution is 6.05. The predicted molar refractivity (Wildman–Crippen MR) is 89.8 cm³/mol. The first-order valence-electron chi connectivity index (χ1n) is 7.41. The molecule has 0 bridgehead atoms. The summed E-state index contributed by atoms with van der Waals surface area (Å²) in [5, 5.41) is 8.87. The monoisotopic (exact) mass is 279 g/mol. The van der Waals surface area contributed by atoms with Crippen LogP contribution in [0, 0.1) is 6.92 Å². The van der Waals surface area contributed by atoms with Gasteiger partial charge in [-0.05, 0) is 39.6 Å². The Morgan fingerprint density at radius 3 is 1.90 bits per heavy atom. The number of hydrogen-bond donors (Lipinski definition) is 1. The lowest BCUT2D eigenvalue weighted by molar-refractivity contribution is 0.199. The minimum absolute atomic E-state index is 0.738. The Balaban J connectivity index is 2.15. The molecule has 0 amide bonds. The van der Waals surface area contributed by atoms with Crippen LogP contribution in [0.25, 0.3) is 21.5 Å². The molecule has 108 valence electrons. The number of methoxy groups -OCH3 is 1. The molecule has 0 saturated carbocycles. The lowest BCUT2D eigenvalue weighted by Crippen LogP contribution is -2.19. The van der Waals surface area contributed by atoms with Gasteiger partial charge in [0.1, 0.15) is 0 Å². The Morgan fingerprint density at radius 1 is 0.857 bits per heavy atom. The molecule has 0 fully saturated rings. The van der Waals surface area contributed by atoms with E-state index in [9.17, 15) is 0 Å². The largest absolute Gasteiger partial charge is 0.383 e. The van der Waals surface area contributed by atoms with Crippen molar-refractivity contribution in [3.8, 4) is 0 Å². The van der Waals surface area contributed by atoms with Crippen LogP contribution in [-0.2, 0) is 11.3 Å². The van der Waals surface area contributed by atoms with Gasteiger partial charge < -0.3 is 10.1 Å². The molecule has 0 atom stereocenters. The normalized spacial score (nSPS) is 11.3. The summed E-state index contributed by atoms with van der Waals surface area (Å²) in [7, 11) is 1.73. The van der Waals surface area contributed by atoms with Crippen LogP contribution in [0.3, 0.4) is 0 Å². The highest BCUT2D eigenvalue weighted by Gasteiger charge is 2.10. The number of ether oxygens (including phenoxy) is 1. The van der Waals surface area contributed by atoms with Gasteiger partial charge in [-0.15, -0.1) is 0 Å². The van der Waals surface area contributed by atoms with Gasteiger partial charge >= 0.3 is 0 Å². The zero-order chi connectivity index (χ0) is 14.7. The van der Waals surface area contributed by atoms with Crippen LogP contribution in [0.2, 0.25) is 0 Å². The molecule has 0 spiro atoms. The van der Waals surface area contributed by atoms with Crippen molar-refractivity contribution in [1.82, 2.24) is 5.32 Å². The highest BCUT2D eigenvalue weighted by Crippen LogP contribution is 2.32. The molecule has 3 aromatic rings. The maximum absolute atomic E-state index is 5.11. The van der Waals surface area contributed by atoms with E-state index in [4.69, 9.17) is 4.74 Å². The smallest absolute Gasteiger partial charge is 0.0587 e. The fourth-order valence-electron chi connectivity index (χ4n) is 3.01. The summed E-state index contributed by atoms with van der Waals surface area (Å²) in [5.41, 5.74) is 2.74. The van der Waals surface area contributed by atoms with E-state index < -0.39 is 0 Å². The molecular weight excluding hydrogens is 258 g/mol. The zero-order valence-electron chi connectivity index (χ0n) is 12.6. The SMILES string of the molecule is COCCNCc1c2ccccc2c(C)c2ccccc12. The molecule has 2 nitrogen and oxygen atoms in total. The third-order valence-electron chi connectivity index (χ3n) is 4.10. The van der Waals surface area contributed by atoms with Crippen LogP contribution < -0.4 is 5.32 Å². The quantitative estimate of drug-likeness (QED) is 0.562. The van der Waals surface area contributed by atoms with E-state index in [1.54, 1.807) is 7.11 Å². The number of nitrogens with one attached hydrogen (secondary N) is 1. The number of hydrogen-bond acceptors (Lipinski definition) is 2. The molecule has 3 rings (SSSR count). The van der Waals surface area contributed by atoms with Gasteiger partial charge in [-0.2, -0.15) is 0 Å². The maximum Gasteiger partial charge on any atom is 0.0587 e. The van der Waals surface area contributed by atoms with Gasteiger partial charge in [0.2, 0.25) is 0 Å². The number of aryl methyl sites for hydroxylation is 1. The van der Waals surface area contributed by atoms with Gasteiger partial charge in [0.05, 0.1) is 6.61 Å². The molecule has 21 heavy (non-hydrogen) atoms. The molecule has 1 N–H and O–H groups in total. The van der Waals surface area contributed by atoms with Crippen LogP contribution in [-0.4, -0.2) is 20.3 Å². The Kier molecular flexibility index (Phi) is 4.18. The van der Waals surface area contributed by atoms with Crippen molar-refractivity contribution >= 4 is 21.5 Å². The fourth-order valence-corrected chi connectivity index (χ4v) is 3.01. The van der Waals surface area contributed by atoms with Crippen LogP contribution in [0.4, 0.5) is 0 Å². The summed E-state index contributed by atoms with van der Waals surface area (Å²) in [6.07, 6.45) is 0. The fraction of sp³-hybridized carbons (Fsp3) is 0.263. The van der Waals surface area contributed by atoms with Gasteiger partial charge in [0.25, 0.3) is 0 Å². The van der Waals surface area contributed by atoms with Gasteiger partial charge in [-0.25, -0.2) is 0 Å². The molecule has 0 saturated heterocycles. The predicted octanol–water partition coefficient (Wildman–Crippen LogP) is 4.04. The summed E-state index contributed by atoms with van der Waals surface area (Å²) >= 11 is 0. The van der Waals surface area contributed by atoms with Gasteiger partial charge in [0, 0.05) is 20.2 Å². The van der Waals surface area contributed by atoms with Crippen molar-refractivity contribution in [2.75, 3.05) is 20.3 Å². The molecule has 0 unspecified atom stereocenters. The molecule has 2 heteroatoms. The highest BCUT2D eigenvalue weighted by atomic mass is 16.5. The topological polar surface area (TPSA) is 21.3 Å². The average Bonchev–Trinajstić information content (AvgIpc) is 2.54. The molecule has 0 aromatic heterocycles. The average molecular weight is 279 g/mol. The zero-order valence-corrected chi connectivity index (χ0v) is 12.6. The molecule has 0 aliphatic carbocycles. The number of benzene rings is 3. The van der Waals surface area contributed by atoms with E-state index in [0.29, 0.717) is 0 Å². The molecule has 0 heterocycles. The van der Waals surface area contributed by atoms with Gasteiger partial charge in [-0.1, -0.05) is 48.5 Å². The summed E-state index contributed by atoms with van der Waals surface area (Å²) in [5.74, 6) is 0. The van der Waals surface area contributed by atoms with E-state index in [2.05, 4.69) is 60.8 Å². The second kappa shape index (κ2) is 6.25. The third kappa shape index (κ3) is 2.65. The molecule has 3 aromatic carbocycles. The molecule has 0 aliphatic heterocycles. The first kappa shape index (κ1) is 14.1. The standard InChI is InChI=1S/C19H21NO/c1-14-15-7-3-5-9-17(15)19(13-20-11-12-21-2)18-10-6-4-8-16(14)18/h3-10,20H,11-13H2,1-2H3. The first-order valence-corrected chi connectivity index (χ1v) is 7.41. The van der Waals surface area contributed by atoms with Crippen LogP contribution in [0.1, 0.15) is 11.1 Å². The number of rotatable bonds is 5. The Labute approximate surface area is 125 Å². The van der Waals surface area contributed by atoms with Crippen molar-refractivity contribution in [2.24, 2.45) is 0 Å². The van der Waals surface area contributed by atoms with Crippen LogP contribution in [0.15, 0.2) is 48.5 Å². The van der Waals surface area contributed by atoms with Crippen molar-refractivity contribution in [1.29, 1.82) is 0 Å². The summed E-state index contributed by atoms with van der Waals surface area (Å²) in [4.78, 5) is 0. The van der Waals surface area contributed by atoms with Crippen molar-refractivity contribution in [2.45, 2.75) is 13.5 Å². The second-order valence-electron chi connectivity index (χ2n) is 5.36. The van der Waals surface area contributed by atoms with E-state index in [1.807, 2.05) is 0 Å². The van der Waals surface area contributed by atoms with E-state index in [0.717, 1.165) is 19.7 Å². The minimum Gasteiger partial charge on any atom is -0.383 e. The Bertz CT molecular complexity index is 707. The second-order valence-corrected chi connectivity index (χ2v) is 5.36. The molecule has 0 aliphatic rings. The van der Waals surface area contributed by atoms with Crippen molar-refractivity contribution in [3.63, 3.8) is 0 Å². The lowest BCUT2D eigenvalue weighted by atomic mass is 9.92. The lowest BCUT2D eigenvalue weighted by Gasteiger charge is -2.15. The van der Waals surface area contributed by atoms with Gasteiger partial charge in [0.15, 0.2) is 0 Å². The summed E-state index contributed by atoms with van der Waals surface area (Å²) in [6.45, 7) is 4.69. The van der Waals surface area contributed by atoms with Crippen molar-refractivity contribution < 1.29 is 4.74 Å². The van der Waals surface area contributed by atoms with E-state index >= 15 is 0 Å². The summed E-state index contributed by atoms with van der Waals surface area (Å²) in [6, 6.07) is 17.4. The number of fused-ring (bicyclic) bond motifs is 2. The molecular formula is C19H21NO. The summed E-state index contributed by atoms with van der Waals surface area (Å²) < 4.78 is 5.11. The van der Waals surface area contributed by atoms with Gasteiger partial charge in [-0.3, -0.25) is 0 Å². The Hall–Kier alpha value is -1.90. The van der Waals surface area contributed by atoms with E-state index in [1.165, 1.54) is 32.7 Å². The maximum atomic E-state index is 5.11. The van der Waals surface area contributed by atoms with Crippen LogP contribution in [0.5, 0.6) is 0 Å². The van der Waals surface area contributed by atoms with Crippen molar-refractivity contribution in [3.05, 3.63) is 59.7 Å². The van der Waals surface area contributed by atoms with Crippen LogP contribution >= 0.6 is 0 Å². The Morgan fingerprint density at radius 2 is 1.38 bits per heavy atom. The minimum atomic E-state index is 0.738. The first-order chi connectivity index (χ1) is 10.3.